The molecule has 1 N–H and O–H groups in total. The summed E-state index contributed by atoms with van der Waals surface area (Å²) in [7, 11) is 1.67. The van der Waals surface area contributed by atoms with E-state index in [2.05, 4.69) is 4.90 Å². The van der Waals surface area contributed by atoms with Crippen molar-refractivity contribution in [1.29, 1.82) is 0 Å². The van der Waals surface area contributed by atoms with Gasteiger partial charge in [0.2, 0.25) is 0 Å². The van der Waals surface area contributed by atoms with Crippen molar-refractivity contribution in [3.05, 3.63) is 68.8 Å². The largest absolute Gasteiger partial charge is 0.478 e. The zero-order chi connectivity index (χ0) is 26.8. The maximum atomic E-state index is 13.8. The van der Waals surface area contributed by atoms with E-state index < -0.39 is 5.97 Å². The number of aromatic carboxylic acids is 1. The summed E-state index contributed by atoms with van der Waals surface area (Å²) in [4.78, 5) is 32.5. The molecule has 2 aliphatic heterocycles. The van der Waals surface area contributed by atoms with Crippen LogP contribution in [0.15, 0.2) is 35.1 Å². The van der Waals surface area contributed by atoms with Gasteiger partial charge in [0.15, 0.2) is 0 Å². The van der Waals surface area contributed by atoms with E-state index >= 15 is 0 Å². The summed E-state index contributed by atoms with van der Waals surface area (Å²) < 4.78 is 18.8. The Hall–Kier alpha value is -3.27. The highest BCUT2D eigenvalue weighted by Crippen LogP contribution is 2.29. The Balaban J connectivity index is 1.49. The molecule has 9 heteroatoms. The molecule has 9 nitrogen and oxygen atoms in total. The Morgan fingerprint density at radius 1 is 1.16 bits per heavy atom. The maximum Gasteiger partial charge on any atom is 0.335 e. The molecule has 0 unspecified atom stereocenters. The van der Waals surface area contributed by atoms with Crippen LogP contribution in [0.25, 0.3) is 10.9 Å². The van der Waals surface area contributed by atoms with Crippen LogP contribution < -0.4 is 10.5 Å². The number of aromatic nitrogens is 2. The number of carboxylic acids is 1. The second kappa shape index (κ2) is 11.2. The van der Waals surface area contributed by atoms with E-state index in [4.69, 9.17) is 19.2 Å². The Labute approximate surface area is 221 Å². The third-order valence-electron chi connectivity index (χ3n) is 7.57. The number of morpholine rings is 1. The second-order valence-electron chi connectivity index (χ2n) is 10.2. The van der Waals surface area contributed by atoms with E-state index in [1.165, 1.54) is 0 Å². The molecule has 2 aliphatic rings. The molecule has 0 aliphatic carbocycles. The Bertz CT molecular complexity index is 1370. The minimum Gasteiger partial charge on any atom is -0.478 e. The molecule has 2 saturated heterocycles. The predicted molar refractivity (Wildman–Crippen MR) is 144 cm³/mol. The number of benzene rings is 2. The number of carboxylic acid groups (broad SMARTS) is 1. The first-order valence-corrected chi connectivity index (χ1v) is 13.2. The summed E-state index contributed by atoms with van der Waals surface area (Å²) in [5, 5.41) is 9.96. The number of ether oxygens (including phenoxy) is 3. The molecule has 2 atom stereocenters. The van der Waals surface area contributed by atoms with E-state index in [9.17, 15) is 14.7 Å². The molecule has 0 saturated carbocycles. The number of methoxy groups -OCH3 is 1. The molecule has 2 fully saturated rings. The van der Waals surface area contributed by atoms with Crippen molar-refractivity contribution in [2.75, 3.05) is 44.9 Å². The molecule has 5 rings (SSSR count). The van der Waals surface area contributed by atoms with Crippen LogP contribution in [0.4, 0.5) is 5.69 Å². The van der Waals surface area contributed by atoms with E-state index in [1.807, 2.05) is 32.0 Å². The van der Waals surface area contributed by atoms with Gasteiger partial charge in [0.05, 0.1) is 35.8 Å². The van der Waals surface area contributed by atoms with E-state index in [-0.39, 0.29) is 23.3 Å². The molecule has 2 aromatic carbocycles. The van der Waals surface area contributed by atoms with Crippen LogP contribution in [0.5, 0.6) is 0 Å². The van der Waals surface area contributed by atoms with Gasteiger partial charge in [-0.2, -0.15) is 0 Å². The summed E-state index contributed by atoms with van der Waals surface area (Å²) in [5.74, 6) is -0.280. The van der Waals surface area contributed by atoms with Gasteiger partial charge in [-0.1, -0.05) is 0 Å². The van der Waals surface area contributed by atoms with Crippen LogP contribution in [0.1, 0.15) is 51.8 Å². The van der Waals surface area contributed by atoms with Crippen LogP contribution in [0.2, 0.25) is 0 Å². The Morgan fingerprint density at radius 3 is 2.63 bits per heavy atom. The number of anilines is 1. The third kappa shape index (κ3) is 5.32. The van der Waals surface area contributed by atoms with Crippen LogP contribution in [-0.2, 0) is 27.2 Å². The molecule has 0 bridgehead atoms. The smallest absolute Gasteiger partial charge is 0.335 e. The number of hydrogen-bond acceptors (Lipinski definition) is 7. The van der Waals surface area contributed by atoms with Crippen molar-refractivity contribution < 1.29 is 24.1 Å². The lowest BCUT2D eigenvalue weighted by atomic mass is 9.97. The summed E-state index contributed by atoms with van der Waals surface area (Å²) in [6, 6.07) is 9.23. The molecule has 202 valence electrons. The predicted octanol–water partition coefficient (Wildman–Crippen LogP) is 3.66. The van der Waals surface area contributed by atoms with Crippen molar-refractivity contribution in [3.63, 3.8) is 0 Å². The zero-order valence-corrected chi connectivity index (χ0v) is 22.2. The quantitative estimate of drug-likeness (QED) is 0.479. The first kappa shape index (κ1) is 26.3. The van der Waals surface area contributed by atoms with E-state index in [0.29, 0.717) is 56.1 Å². The standard InChI is InChI=1S/C29H35N3O6/c1-18-13-20(29(34)35)14-19(2)23(18)8-9-32-27(26-5-4-11-38-26)30-25-15-21(6-7-24(25)28(32)33)31-10-12-37-22(16-31)17-36-3/h6-7,13-15,22,26H,4-5,8-12,16-17H2,1-3H3,(H,34,35)/t22-,26+/m1/s1. The monoisotopic (exact) mass is 521 g/mol. The number of hydrogen-bond donors (Lipinski definition) is 1. The molecular formula is C29H35N3O6. The summed E-state index contributed by atoms with van der Waals surface area (Å²) in [6.45, 7) is 7.57. The lowest BCUT2D eigenvalue weighted by molar-refractivity contribution is -0.0100. The fourth-order valence-electron chi connectivity index (χ4n) is 5.64. The average molecular weight is 522 g/mol. The van der Waals surface area contributed by atoms with Crippen LogP contribution >= 0.6 is 0 Å². The van der Waals surface area contributed by atoms with Gasteiger partial charge in [0.25, 0.3) is 5.56 Å². The first-order chi connectivity index (χ1) is 18.4. The zero-order valence-electron chi connectivity index (χ0n) is 22.2. The van der Waals surface area contributed by atoms with Crippen LogP contribution in [0.3, 0.4) is 0 Å². The third-order valence-corrected chi connectivity index (χ3v) is 7.57. The van der Waals surface area contributed by atoms with Crippen molar-refractivity contribution >= 4 is 22.6 Å². The normalized spacial score (nSPS) is 19.8. The fraction of sp³-hybridized carbons (Fsp3) is 0.483. The van der Waals surface area contributed by atoms with Crippen molar-refractivity contribution in [2.45, 2.75) is 51.9 Å². The highest BCUT2D eigenvalue weighted by atomic mass is 16.5. The van der Waals surface area contributed by atoms with Crippen molar-refractivity contribution in [2.24, 2.45) is 0 Å². The Kier molecular flexibility index (Phi) is 7.78. The van der Waals surface area contributed by atoms with Gasteiger partial charge in [0.1, 0.15) is 11.9 Å². The number of fused-ring (bicyclic) bond motifs is 1. The van der Waals surface area contributed by atoms with Gasteiger partial charge in [-0.05, 0) is 80.1 Å². The number of rotatable bonds is 8. The van der Waals surface area contributed by atoms with Crippen molar-refractivity contribution in [1.82, 2.24) is 9.55 Å². The molecule has 0 spiro atoms. The molecule has 0 radical (unpaired) electrons. The molecule has 1 aromatic heterocycles. The number of carbonyl (C=O) groups is 1. The highest BCUT2D eigenvalue weighted by Gasteiger charge is 2.26. The molecule has 0 amide bonds. The molecule has 3 aromatic rings. The van der Waals surface area contributed by atoms with Gasteiger partial charge < -0.3 is 24.2 Å². The molecular weight excluding hydrogens is 486 g/mol. The lowest BCUT2D eigenvalue weighted by Gasteiger charge is -2.34. The number of aryl methyl sites for hydroxylation is 2. The van der Waals surface area contributed by atoms with Gasteiger partial charge in [-0.15, -0.1) is 0 Å². The summed E-state index contributed by atoms with van der Waals surface area (Å²) >= 11 is 0. The van der Waals surface area contributed by atoms with Crippen molar-refractivity contribution in [3.8, 4) is 0 Å². The second-order valence-corrected chi connectivity index (χ2v) is 10.2. The molecule has 3 heterocycles. The van der Waals surface area contributed by atoms with Gasteiger partial charge >= 0.3 is 5.97 Å². The van der Waals surface area contributed by atoms with Gasteiger partial charge in [-0.3, -0.25) is 9.36 Å². The van der Waals surface area contributed by atoms with Gasteiger partial charge in [0, 0.05) is 39.0 Å². The van der Waals surface area contributed by atoms with Crippen LogP contribution in [-0.4, -0.2) is 66.8 Å². The maximum absolute atomic E-state index is 13.8. The SMILES string of the molecule is COC[C@H]1CN(c2ccc3c(=O)n(CCc4c(C)cc(C(=O)O)cc4C)c([C@@H]4CCCO4)nc3c2)CCO1. The highest BCUT2D eigenvalue weighted by molar-refractivity contribution is 5.88. The summed E-state index contributed by atoms with van der Waals surface area (Å²) in [6.07, 6.45) is 2.14. The molecule has 38 heavy (non-hydrogen) atoms. The van der Waals surface area contributed by atoms with Gasteiger partial charge in [-0.25, -0.2) is 9.78 Å². The average Bonchev–Trinajstić information content (AvgIpc) is 3.44. The van der Waals surface area contributed by atoms with E-state index in [1.54, 1.807) is 23.8 Å². The first-order valence-electron chi connectivity index (χ1n) is 13.2. The van der Waals surface area contributed by atoms with Crippen LogP contribution in [0, 0.1) is 13.8 Å². The fourth-order valence-corrected chi connectivity index (χ4v) is 5.64. The Morgan fingerprint density at radius 2 is 1.95 bits per heavy atom. The van der Waals surface area contributed by atoms with E-state index in [0.717, 1.165) is 41.8 Å². The number of nitrogens with zero attached hydrogens (tertiary/aromatic N) is 3. The minimum absolute atomic E-state index is 0.00401. The lowest BCUT2D eigenvalue weighted by Crippen LogP contribution is -2.44. The summed E-state index contributed by atoms with van der Waals surface area (Å²) in [5.41, 5.74) is 4.74. The topological polar surface area (TPSA) is 103 Å². The minimum atomic E-state index is -0.941.